The van der Waals surface area contributed by atoms with Crippen molar-refractivity contribution in [1.29, 1.82) is 0 Å². The van der Waals surface area contributed by atoms with Crippen LogP contribution in [0.5, 0.6) is 0 Å². The van der Waals surface area contributed by atoms with Gasteiger partial charge in [0.1, 0.15) is 6.10 Å². The summed E-state index contributed by atoms with van der Waals surface area (Å²) in [7, 11) is 0. The molecular formula is C19H17N3O3. The van der Waals surface area contributed by atoms with Crippen LogP contribution in [0.2, 0.25) is 0 Å². The lowest BCUT2D eigenvalue weighted by atomic mass is 10.1. The van der Waals surface area contributed by atoms with E-state index in [-0.39, 0.29) is 23.3 Å². The number of nitrogens with one attached hydrogen (secondary N) is 1. The summed E-state index contributed by atoms with van der Waals surface area (Å²) in [6, 6.07) is 16.9. The standard InChI is InChI=1S/C19H17N3O3/c23-18-15-9-5-4-8-14(15)17(20-21-18)19(24)22-10-11-25-16(12-22)13-6-2-1-3-7-13/h1-9,16H,10-12H2,(H,21,23). The summed E-state index contributed by atoms with van der Waals surface area (Å²) in [5.41, 5.74) is 1.01. The van der Waals surface area contributed by atoms with Gasteiger partial charge in [0.2, 0.25) is 0 Å². The molecular weight excluding hydrogens is 318 g/mol. The lowest BCUT2D eigenvalue weighted by Crippen LogP contribution is -2.42. The molecule has 1 aliphatic heterocycles. The largest absolute Gasteiger partial charge is 0.370 e. The average Bonchev–Trinajstić information content (AvgIpc) is 2.69. The third-order valence-corrected chi connectivity index (χ3v) is 4.42. The summed E-state index contributed by atoms with van der Waals surface area (Å²) in [4.78, 5) is 26.6. The molecule has 0 saturated carbocycles. The second kappa shape index (κ2) is 6.49. The maximum Gasteiger partial charge on any atom is 0.275 e. The second-order valence-electron chi connectivity index (χ2n) is 5.97. The predicted octanol–water partition coefficient (Wildman–Crippen LogP) is 2.14. The van der Waals surface area contributed by atoms with Gasteiger partial charge in [0, 0.05) is 11.9 Å². The Bertz CT molecular complexity index is 968. The average molecular weight is 335 g/mol. The minimum atomic E-state index is -0.295. The monoisotopic (exact) mass is 335 g/mol. The summed E-state index contributed by atoms with van der Waals surface area (Å²) in [5.74, 6) is -0.198. The first kappa shape index (κ1) is 15.5. The van der Waals surface area contributed by atoms with E-state index in [0.717, 1.165) is 5.56 Å². The van der Waals surface area contributed by atoms with Crippen LogP contribution in [-0.2, 0) is 4.74 Å². The first-order valence-electron chi connectivity index (χ1n) is 8.17. The van der Waals surface area contributed by atoms with Crippen molar-refractivity contribution in [2.75, 3.05) is 19.7 Å². The van der Waals surface area contributed by atoms with Crippen molar-refractivity contribution >= 4 is 16.7 Å². The number of rotatable bonds is 2. The highest BCUT2D eigenvalue weighted by Crippen LogP contribution is 2.24. The highest BCUT2D eigenvalue weighted by atomic mass is 16.5. The Morgan fingerprint density at radius 2 is 1.80 bits per heavy atom. The van der Waals surface area contributed by atoms with E-state index in [4.69, 9.17) is 4.74 Å². The maximum atomic E-state index is 13.0. The Balaban J connectivity index is 1.65. The van der Waals surface area contributed by atoms with E-state index in [1.165, 1.54) is 0 Å². The van der Waals surface area contributed by atoms with E-state index in [2.05, 4.69) is 10.2 Å². The fourth-order valence-electron chi connectivity index (χ4n) is 3.13. The fourth-order valence-corrected chi connectivity index (χ4v) is 3.13. The van der Waals surface area contributed by atoms with E-state index >= 15 is 0 Å². The van der Waals surface area contributed by atoms with Gasteiger partial charge in [0.25, 0.3) is 11.5 Å². The molecule has 1 unspecified atom stereocenters. The van der Waals surface area contributed by atoms with Gasteiger partial charge in [0.15, 0.2) is 5.69 Å². The number of aromatic amines is 1. The number of hydrogen-bond acceptors (Lipinski definition) is 4. The first-order chi connectivity index (χ1) is 12.2. The normalized spacial score (nSPS) is 17.6. The molecule has 0 radical (unpaired) electrons. The van der Waals surface area contributed by atoms with Gasteiger partial charge in [-0.05, 0) is 11.6 Å². The first-order valence-corrected chi connectivity index (χ1v) is 8.17. The molecule has 3 aromatic rings. The van der Waals surface area contributed by atoms with Crippen LogP contribution >= 0.6 is 0 Å². The molecule has 1 amide bonds. The molecule has 6 heteroatoms. The Labute approximate surface area is 144 Å². The summed E-state index contributed by atoms with van der Waals surface area (Å²) in [6.45, 7) is 1.42. The van der Waals surface area contributed by atoms with Crippen molar-refractivity contribution < 1.29 is 9.53 Å². The zero-order valence-corrected chi connectivity index (χ0v) is 13.5. The van der Waals surface area contributed by atoms with Gasteiger partial charge in [-0.1, -0.05) is 48.5 Å². The Morgan fingerprint density at radius 3 is 2.60 bits per heavy atom. The topological polar surface area (TPSA) is 75.3 Å². The van der Waals surface area contributed by atoms with Gasteiger partial charge in [-0.3, -0.25) is 9.59 Å². The molecule has 1 atom stereocenters. The number of fused-ring (bicyclic) bond motifs is 1. The van der Waals surface area contributed by atoms with Crippen molar-refractivity contribution in [1.82, 2.24) is 15.1 Å². The molecule has 6 nitrogen and oxygen atoms in total. The molecule has 1 aromatic heterocycles. The third-order valence-electron chi connectivity index (χ3n) is 4.42. The van der Waals surface area contributed by atoms with E-state index in [9.17, 15) is 9.59 Å². The van der Waals surface area contributed by atoms with Crippen LogP contribution in [-0.4, -0.2) is 40.7 Å². The molecule has 1 fully saturated rings. The fraction of sp³-hybridized carbons (Fsp3) is 0.211. The quantitative estimate of drug-likeness (QED) is 0.778. The molecule has 0 aliphatic carbocycles. The third kappa shape index (κ3) is 2.92. The summed E-state index contributed by atoms with van der Waals surface area (Å²) in [5, 5.41) is 7.47. The highest BCUT2D eigenvalue weighted by molar-refractivity contribution is 6.04. The number of carbonyl (C=O) groups is 1. The molecule has 126 valence electrons. The van der Waals surface area contributed by atoms with Gasteiger partial charge in [-0.25, -0.2) is 5.10 Å². The van der Waals surface area contributed by atoms with Crippen LogP contribution in [0.3, 0.4) is 0 Å². The maximum absolute atomic E-state index is 13.0. The molecule has 1 N–H and O–H groups in total. The predicted molar refractivity (Wildman–Crippen MR) is 93.4 cm³/mol. The van der Waals surface area contributed by atoms with Crippen molar-refractivity contribution in [2.24, 2.45) is 0 Å². The van der Waals surface area contributed by atoms with E-state index in [0.29, 0.717) is 30.5 Å². The SMILES string of the molecule is O=C(c1n[nH]c(=O)c2ccccc12)N1CCOC(c2ccccc2)C1. The zero-order chi connectivity index (χ0) is 17.2. The van der Waals surface area contributed by atoms with Crippen LogP contribution in [0.4, 0.5) is 0 Å². The number of ether oxygens (including phenoxy) is 1. The number of carbonyl (C=O) groups excluding carboxylic acids is 1. The summed E-state index contributed by atoms with van der Waals surface area (Å²) in [6.07, 6.45) is -0.159. The van der Waals surface area contributed by atoms with Crippen LogP contribution in [0.15, 0.2) is 59.4 Å². The van der Waals surface area contributed by atoms with Crippen LogP contribution in [0.25, 0.3) is 10.8 Å². The lowest BCUT2D eigenvalue weighted by Gasteiger charge is -2.33. The Kier molecular flexibility index (Phi) is 4.03. The number of nitrogens with zero attached hydrogens (tertiary/aromatic N) is 2. The zero-order valence-electron chi connectivity index (χ0n) is 13.5. The molecule has 0 spiro atoms. The molecule has 2 heterocycles. The summed E-state index contributed by atoms with van der Waals surface area (Å²) >= 11 is 0. The van der Waals surface area contributed by atoms with Crippen LogP contribution in [0.1, 0.15) is 22.2 Å². The van der Waals surface area contributed by atoms with E-state index in [1.807, 2.05) is 30.3 Å². The highest BCUT2D eigenvalue weighted by Gasteiger charge is 2.28. The van der Waals surface area contributed by atoms with Gasteiger partial charge < -0.3 is 9.64 Å². The second-order valence-corrected chi connectivity index (χ2v) is 5.97. The molecule has 25 heavy (non-hydrogen) atoms. The number of aromatic nitrogens is 2. The van der Waals surface area contributed by atoms with Gasteiger partial charge in [0.05, 0.1) is 18.5 Å². The number of amides is 1. The van der Waals surface area contributed by atoms with Gasteiger partial charge >= 0.3 is 0 Å². The van der Waals surface area contributed by atoms with E-state index < -0.39 is 0 Å². The number of benzene rings is 2. The molecule has 4 rings (SSSR count). The number of H-pyrrole nitrogens is 1. The lowest BCUT2D eigenvalue weighted by molar-refractivity contribution is -0.0229. The van der Waals surface area contributed by atoms with Gasteiger partial charge in [-0.15, -0.1) is 0 Å². The van der Waals surface area contributed by atoms with Crippen molar-refractivity contribution in [3.8, 4) is 0 Å². The molecule has 1 saturated heterocycles. The molecule has 0 bridgehead atoms. The summed E-state index contributed by atoms with van der Waals surface area (Å²) < 4.78 is 5.81. The van der Waals surface area contributed by atoms with Crippen molar-refractivity contribution in [3.63, 3.8) is 0 Å². The smallest absolute Gasteiger partial charge is 0.275 e. The van der Waals surface area contributed by atoms with E-state index in [1.54, 1.807) is 29.2 Å². The minimum Gasteiger partial charge on any atom is -0.370 e. The minimum absolute atomic E-state index is 0.159. The van der Waals surface area contributed by atoms with Crippen LogP contribution in [0, 0.1) is 0 Å². The Morgan fingerprint density at radius 1 is 1.08 bits per heavy atom. The van der Waals surface area contributed by atoms with Crippen LogP contribution < -0.4 is 5.56 Å². The van der Waals surface area contributed by atoms with Crippen molar-refractivity contribution in [3.05, 3.63) is 76.2 Å². The molecule has 1 aliphatic rings. The van der Waals surface area contributed by atoms with Crippen molar-refractivity contribution in [2.45, 2.75) is 6.10 Å². The number of hydrogen-bond donors (Lipinski definition) is 1. The van der Waals surface area contributed by atoms with Gasteiger partial charge in [-0.2, -0.15) is 5.10 Å². The number of morpholine rings is 1. The Hall–Kier alpha value is -2.99. The molecule has 2 aromatic carbocycles.